The molecule has 0 aliphatic heterocycles. The minimum absolute atomic E-state index is 0.529. The van der Waals surface area contributed by atoms with Crippen LogP contribution < -0.4 is 10.6 Å². The smallest absolute Gasteiger partial charge is 0.132 e. The summed E-state index contributed by atoms with van der Waals surface area (Å²) < 4.78 is 5.25. The Morgan fingerprint density at radius 2 is 2.32 bits per heavy atom. The second-order valence-corrected chi connectivity index (χ2v) is 5.29. The lowest BCUT2D eigenvalue weighted by Gasteiger charge is -2.32. The van der Waals surface area contributed by atoms with Gasteiger partial charge in [0.25, 0.3) is 0 Å². The third kappa shape index (κ3) is 3.67. The summed E-state index contributed by atoms with van der Waals surface area (Å²) in [6, 6.07) is 4.65. The van der Waals surface area contributed by atoms with Crippen molar-refractivity contribution < 1.29 is 4.74 Å². The predicted molar refractivity (Wildman–Crippen MR) is 78.4 cm³/mol. The molecule has 0 spiro atoms. The Balaban J connectivity index is 2.20. The van der Waals surface area contributed by atoms with Crippen LogP contribution in [0.3, 0.4) is 0 Å². The number of nitrogens with zero attached hydrogens (tertiary/aromatic N) is 2. The van der Waals surface area contributed by atoms with E-state index in [0.29, 0.717) is 12.6 Å². The summed E-state index contributed by atoms with van der Waals surface area (Å²) in [6.07, 6.45) is 5.42. The van der Waals surface area contributed by atoms with E-state index in [9.17, 15) is 0 Å². The molecule has 1 aliphatic rings. The van der Waals surface area contributed by atoms with Crippen LogP contribution in [-0.2, 0) is 11.2 Å². The number of rotatable bonds is 8. The first-order valence-electron chi connectivity index (χ1n) is 7.17. The molecule has 0 saturated heterocycles. The van der Waals surface area contributed by atoms with Crippen LogP contribution in [0.4, 0.5) is 5.82 Å². The second-order valence-electron chi connectivity index (χ2n) is 5.29. The van der Waals surface area contributed by atoms with Crippen LogP contribution in [0.2, 0.25) is 0 Å². The molecule has 1 unspecified atom stereocenters. The molecule has 1 aromatic rings. The van der Waals surface area contributed by atoms with Gasteiger partial charge in [-0.2, -0.15) is 0 Å². The maximum Gasteiger partial charge on any atom is 0.132 e. The van der Waals surface area contributed by atoms with Gasteiger partial charge in [0.15, 0.2) is 0 Å². The minimum Gasteiger partial charge on any atom is -0.383 e. The van der Waals surface area contributed by atoms with Gasteiger partial charge in [-0.05, 0) is 50.3 Å². The zero-order chi connectivity index (χ0) is 13.7. The van der Waals surface area contributed by atoms with Gasteiger partial charge in [-0.25, -0.2) is 4.98 Å². The molecular weight excluding hydrogens is 238 g/mol. The van der Waals surface area contributed by atoms with Crippen molar-refractivity contribution in [1.82, 2.24) is 4.98 Å². The molecule has 19 heavy (non-hydrogen) atoms. The van der Waals surface area contributed by atoms with Gasteiger partial charge in [0.2, 0.25) is 0 Å². The topological polar surface area (TPSA) is 51.4 Å². The van der Waals surface area contributed by atoms with Crippen LogP contribution in [0.25, 0.3) is 0 Å². The van der Waals surface area contributed by atoms with E-state index >= 15 is 0 Å². The molecule has 0 bridgehead atoms. The van der Waals surface area contributed by atoms with Crippen molar-refractivity contribution in [3.63, 3.8) is 0 Å². The quantitative estimate of drug-likeness (QED) is 0.777. The molecule has 1 heterocycles. The number of pyridine rings is 1. The fourth-order valence-corrected chi connectivity index (χ4v) is 2.56. The monoisotopic (exact) mass is 263 g/mol. The summed E-state index contributed by atoms with van der Waals surface area (Å²) in [5.74, 6) is 1.90. The Bertz CT molecular complexity index is 393. The molecule has 2 rings (SSSR count). The second kappa shape index (κ2) is 6.87. The Morgan fingerprint density at radius 1 is 1.53 bits per heavy atom. The highest BCUT2D eigenvalue weighted by Gasteiger charge is 2.33. The van der Waals surface area contributed by atoms with Crippen LogP contribution in [0.1, 0.15) is 25.3 Å². The van der Waals surface area contributed by atoms with E-state index < -0.39 is 0 Å². The molecule has 1 aliphatic carbocycles. The van der Waals surface area contributed by atoms with Gasteiger partial charge in [-0.3, -0.25) is 0 Å². The van der Waals surface area contributed by atoms with Crippen LogP contribution in [-0.4, -0.2) is 37.8 Å². The van der Waals surface area contributed by atoms with E-state index in [-0.39, 0.29) is 0 Å². The van der Waals surface area contributed by atoms with Gasteiger partial charge >= 0.3 is 0 Å². The van der Waals surface area contributed by atoms with Crippen LogP contribution in [0.5, 0.6) is 0 Å². The number of hydrogen-bond acceptors (Lipinski definition) is 4. The van der Waals surface area contributed by atoms with Crippen molar-refractivity contribution in [3.05, 3.63) is 23.9 Å². The summed E-state index contributed by atoms with van der Waals surface area (Å²) in [4.78, 5) is 6.99. The molecule has 0 radical (unpaired) electrons. The molecular formula is C15H25N3O. The van der Waals surface area contributed by atoms with E-state index in [4.69, 9.17) is 10.5 Å². The number of anilines is 1. The molecule has 4 nitrogen and oxygen atoms in total. The first-order valence-corrected chi connectivity index (χ1v) is 7.17. The lowest BCUT2D eigenvalue weighted by Crippen LogP contribution is -2.38. The third-order valence-corrected chi connectivity index (χ3v) is 3.89. The van der Waals surface area contributed by atoms with Crippen molar-refractivity contribution in [2.75, 3.05) is 31.7 Å². The molecule has 1 aromatic heterocycles. The van der Waals surface area contributed by atoms with Gasteiger partial charge in [0.05, 0.1) is 6.61 Å². The maximum atomic E-state index is 5.71. The van der Waals surface area contributed by atoms with Crippen molar-refractivity contribution in [2.24, 2.45) is 11.7 Å². The first kappa shape index (κ1) is 14.3. The normalized spacial score (nSPS) is 16.4. The number of nitrogens with two attached hydrogens (primary N) is 1. The molecule has 2 N–H and O–H groups in total. The van der Waals surface area contributed by atoms with E-state index in [0.717, 1.165) is 31.3 Å². The predicted octanol–water partition coefficient (Wildman–Crippen LogP) is 1.83. The first-order chi connectivity index (χ1) is 9.27. The molecule has 1 atom stereocenters. The van der Waals surface area contributed by atoms with E-state index in [1.807, 2.05) is 12.3 Å². The van der Waals surface area contributed by atoms with Crippen LogP contribution >= 0.6 is 0 Å². The molecule has 0 amide bonds. The Kier molecular flexibility index (Phi) is 5.16. The maximum absolute atomic E-state index is 5.71. The summed E-state index contributed by atoms with van der Waals surface area (Å²) in [5.41, 5.74) is 6.95. The average Bonchev–Trinajstić information content (AvgIpc) is 3.25. The zero-order valence-corrected chi connectivity index (χ0v) is 12.0. The highest BCUT2D eigenvalue weighted by Crippen LogP contribution is 2.37. The van der Waals surface area contributed by atoms with Crippen molar-refractivity contribution in [3.8, 4) is 0 Å². The fraction of sp³-hybridized carbons (Fsp3) is 0.667. The zero-order valence-electron chi connectivity index (χ0n) is 12.0. The molecule has 106 valence electrons. The molecule has 4 heteroatoms. The highest BCUT2D eigenvalue weighted by atomic mass is 16.5. The summed E-state index contributed by atoms with van der Waals surface area (Å²) >= 11 is 0. The van der Waals surface area contributed by atoms with E-state index in [2.05, 4.69) is 22.9 Å². The van der Waals surface area contributed by atoms with Gasteiger partial charge in [0, 0.05) is 25.9 Å². The van der Waals surface area contributed by atoms with Crippen molar-refractivity contribution in [2.45, 2.75) is 32.2 Å². The number of methoxy groups -OCH3 is 1. The fourth-order valence-electron chi connectivity index (χ4n) is 2.56. The summed E-state index contributed by atoms with van der Waals surface area (Å²) in [5, 5.41) is 0. The Hall–Kier alpha value is -1.13. The van der Waals surface area contributed by atoms with Gasteiger partial charge in [-0.15, -0.1) is 0 Å². The highest BCUT2D eigenvalue weighted by molar-refractivity contribution is 5.48. The SMILES string of the molecule is COCCN(c1ncccc1CCN)C(C)C1CC1. The minimum atomic E-state index is 0.529. The summed E-state index contributed by atoms with van der Waals surface area (Å²) in [6.45, 7) is 4.58. The lowest BCUT2D eigenvalue weighted by molar-refractivity contribution is 0.202. The third-order valence-electron chi connectivity index (χ3n) is 3.89. The average molecular weight is 263 g/mol. The van der Waals surface area contributed by atoms with Crippen molar-refractivity contribution in [1.29, 1.82) is 0 Å². The lowest BCUT2D eigenvalue weighted by atomic mass is 10.1. The van der Waals surface area contributed by atoms with E-state index in [1.165, 1.54) is 18.4 Å². The van der Waals surface area contributed by atoms with Gasteiger partial charge < -0.3 is 15.4 Å². The number of hydrogen-bond donors (Lipinski definition) is 1. The molecule has 0 aromatic carbocycles. The van der Waals surface area contributed by atoms with Crippen LogP contribution in [0, 0.1) is 5.92 Å². The summed E-state index contributed by atoms with van der Waals surface area (Å²) in [7, 11) is 1.75. The Morgan fingerprint density at radius 3 is 2.95 bits per heavy atom. The Labute approximate surface area is 116 Å². The standard InChI is InChI=1S/C15H25N3O/c1-12(13-5-6-13)18(10-11-19-2)15-14(7-8-16)4-3-9-17-15/h3-4,9,12-13H,5-8,10-11,16H2,1-2H3. The van der Waals surface area contributed by atoms with Crippen LogP contribution in [0.15, 0.2) is 18.3 Å². The van der Waals surface area contributed by atoms with E-state index in [1.54, 1.807) is 7.11 Å². The van der Waals surface area contributed by atoms with Gasteiger partial charge in [0.1, 0.15) is 5.82 Å². The molecule has 1 saturated carbocycles. The molecule has 1 fully saturated rings. The number of aromatic nitrogens is 1. The van der Waals surface area contributed by atoms with Crippen molar-refractivity contribution >= 4 is 5.82 Å². The largest absolute Gasteiger partial charge is 0.383 e. The number of ether oxygens (including phenoxy) is 1. The van der Waals surface area contributed by atoms with Gasteiger partial charge in [-0.1, -0.05) is 6.07 Å².